The molecule has 3 aromatic carbocycles. The lowest BCUT2D eigenvalue weighted by molar-refractivity contribution is 0.102. The van der Waals surface area contributed by atoms with E-state index in [1.807, 2.05) is 0 Å². The summed E-state index contributed by atoms with van der Waals surface area (Å²) in [5.74, 6) is -1.21. The Morgan fingerprint density at radius 1 is 0.943 bits per heavy atom. The monoisotopic (exact) mass is 516 g/mol. The van der Waals surface area contributed by atoms with E-state index in [0.717, 1.165) is 8.61 Å². The molecule has 0 heterocycles. The first-order chi connectivity index (χ1) is 16.5. The molecule has 0 saturated heterocycles. The van der Waals surface area contributed by atoms with Gasteiger partial charge in [-0.05, 0) is 61.0 Å². The number of sulfonamides is 1. The fourth-order valence-electron chi connectivity index (χ4n) is 3.12. The van der Waals surface area contributed by atoms with Crippen LogP contribution in [0.2, 0.25) is 0 Å². The zero-order valence-electron chi connectivity index (χ0n) is 19.3. The van der Waals surface area contributed by atoms with E-state index in [9.17, 15) is 22.4 Å². The number of urea groups is 1. The first-order valence-electron chi connectivity index (χ1n) is 10.5. The van der Waals surface area contributed by atoms with Crippen LogP contribution >= 0.6 is 12.8 Å². The zero-order chi connectivity index (χ0) is 25.8. The molecule has 0 aliphatic heterocycles. The molecule has 0 aliphatic rings. The van der Waals surface area contributed by atoms with Crippen LogP contribution in [0, 0.1) is 5.82 Å². The summed E-state index contributed by atoms with van der Waals surface area (Å²) in [5, 5.41) is 5.39. The van der Waals surface area contributed by atoms with Crippen molar-refractivity contribution in [3.8, 4) is 0 Å². The number of nitrogens with one attached hydrogen (secondary N) is 2. The smallest absolute Gasteiger partial charge is 0.330 e. The predicted octanol–water partition coefficient (Wildman–Crippen LogP) is 4.45. The van der Waals surface area contributed by atoms with Gasteiger partial charge >= 0.3 is 6.03 Å². The summed E-state index contributed by atoms with van der Waals surface area (Å²) in [6, 6.07) is 17.3. The number of benzene rings is 3. The molecule has 2 N–H and O–H groups in total. The lowest BCUT2D eigenvalue weighted by Crippen LogP contribution is -2.35. The average Bonchev–Trinajstić information content (AvgIpc) is 2.84. The SMILES string of the molecule is CC(NC(=O)N(S)c1ccc(NC(=O)c2ccccc2F)cc1)c1ccc(S(=O)(=O)N(C)C)cc1. The van der Waals surface area contributed by atoms with Gasteiger partial charge in [0.1, 0.15) is 5.82 Å². The lowest BCUT2D eigenvalue weighted by atomic mass is 10.1. The van der Waals surface area contributed by atoms with Gasteiger partial charge in [0.15, 0.2) is 0 Å². The number of hydrogen-bond donors (Lipinski definition) is 3. The number of carbonyl (C=O) groups is 2. The summed E-state index contributed by atoms with van der Waals surface area (Å²) in [7, 11) is -0.630. The van der Waals surface area contributed by atoms with Crippen LogP contribution in [-0.2, 0) is 10.0 Å². The van der Waals surface area contributed by atoms with Crippen LogP contribution in [0.25, 0.3) is 0 Å². The van der Waals surface area contributed by atoms with E-state index in [-0.39, 0.29) is 10.5 Å². The molecule has 1 atom stereocenters. The van der Waals surface area contributed by atoms with Crippen molar-refractivity contribution in [3.05, 3.63) is 89.7 Å². The Bertz CT molecular complexity index is 1310. The zero-order valence-corrected chi connectivity index (χ0v) is 21.0. The molecule has 0 spiro atoms. The first kappa shape index (κ1) is 26.2. The van der Waals surface area contributed by atoms with Crippen LogP contribution in [0.5, 0.6) is 0 Å². The Kier molecular flexibility index (Phi) is 8.15. The van der Waals surface area contributed by atoms with Gasteiger partial charge < -0.3 is 10.6 Å². The number of halogens is 1. The first-order valence-corrected chi connectivity index (χ1v) is 12.3. The Labute approximate surface area is 209 Å². The van der Waals surface area contributed by atoms with Gasteiger partial charge in [-0.15, -0.1) is 0 Å². The van der Waals surface area contributed by atoms with Crippen molar-refractivity contribution in [3.63, 3.8) is 0 Å². The minimum Gasteiger partial charge on any atom is -0.330 e. The maximum Gasteiger partial charge on any atom is 0.332 e. The molecule has 3 aromatic rings. The molecule has 8 nitrogen and oxygen atoms in total. The number of anilines is 2. The second-order valence-electron chi connectivity index (χ2n) is 7.82. The average molecular weight is 517 g/mol. The predicted molar refractivity (Wildman–Crippen MR) is 137 cm³/mol. The van der Waals surface area contributed by atoms with Gasteiger partial charge in [0, 0.05) is 19.8 Å². The highest BCUT2D eigenvalue weighted by Gasteiger charge is 2.19. The number of carbonyl (C=O) groups excluding carboxylic acids is 2. The molecular weight excluding hydrogens is 491 g/mol. The Morgan fingerprint density at radius 3 is 2.11 bits per heavy atom. The van der Waals surface area contributed by atoms with Gasteiger partial charge in [-0.1, -0.05) is 37.1 Å². The fraction of sp³-hybridized carbons (Fsp3) is 0.167. The second kappa shape index (κ2) is 10.9. The van der Waals surface area contributed by atoms with Crippen molar-refractivity contribution in [2.75, 3.05) is 23.7 Å². The fourth-order valence-corrected chi connectivity index (χ4v) is 4.21. The van der Waals surface area contributed by atoms with Crippen LogP contribution in [0.1, 0.15) is 28.9 Å². The van der Waals surface area contributed by atoms with E-state index in [2.05, 4.69) is 23.4 Å². The molecule has 0 bridgehead atoms. The molecule has 1 unspecified atom stereocenters. The summed E-state index contributed by atoms with van der Waals surface area (Å²) in [6.45, 7) is 1.76. The number of rotatable bonds is 7. The van der Waals surface area contributed by atoms with E-state index >= 15 is 0 Å². The summed E-state index contributed by atoms with van der Waals surface area (Å²) < 4.78 is 40.4. The molecule has 3 amide bonds. The van der Waals surface area contributed by atoms with Gasteiger partial charge in [0.25, 0.3) is 5.91 Å². The van der Waals surface area contributed by atoms with Crippen LogP contribution in [0.3, 0.4) is 0 Å². The largest absolute Gasteiger partial charge is 0.332 e. The third-order valence-corrected chi connectivity index (χ3v) is 7.42. The molecular formula is C24H25FN4O4S2. The molecule has 0 aliphatic carbocycles. The standard InChI is InChI=1S/C24H25FN4O4S2/c1-16(17-8-14-20(15-9-17)35(32,33)28(2)3)26-24(31)29(34)19-12-10-18(11-13-19)27-23(30)21-6-4-5-7-22(21)25/h4-16,34H,1-3H3,(H,26,31)(H,27,30). The minimum atomic E-state index is -3.54. The van der Waals surface area contributed by atoms with E-state index in [1.54, 1.807) is 49.4 Å². The van der Waals surface area contributed by atoms with Crippen LogP contribution in [-0.4, -0.2) is 38.8 Å². The van der Waals surface area contributed by atoms with Crippen LogP contribution in [0.15, 0.2) is 77.7 Å². The van der Waals surface area contributed by atoms with E-state index < -0.39 is 33.8 Å². The second-order valence-corrected chi connectivity index (χ2v) is 10.4. The molecule has 35 heavy (non-hydrogen) atoms. The Balaban J connectivity index is 1.62. The maximum absolute atomic E-state index is 13.8. The number of hydrogen-bond acceptors (Lipinski definition) is 5. The molecule has 184 valence electrons. The van der Waals surface area contributed by atoms with Crippen molar-refractivity contribution in [2.24, 2.45) is 0 Å². The third kappa shape index (κ3) is 6.18. The lowest BCUT2D eigenvalue weighted by Gasteiger charge is -2.21. The van der Waals surface area contributed by atoms with Gasteiger partial charge in [-0.25, -0.2) is 26.2 Å². The van der Waals surface area contributed by atoms with Crippen LogP contribution < -0.4 is 14.9 Å². The van der Waals surface area contributed by atoms with Crippen molar-refractivity contribution >= 4 is 46.2 Å². The van der Waals surface area contributed by atoms with E-state index in [4.69, 9.17) is 0 Å². The van der Waals surface area contributed by atoms with Crippen molar-refractivity contribution in [1.29, 1.82) is 0 Å². The van der Waals surface area contributed by atoms with Crippen molar-refractivity contribution in [1.82, 2.24) is 9.62 Å². The van der Waals surface area contributed by atoms with Crippen LogP contribution in [0.4, 0.5) is 20.6 Å². The molecule has 0 radical (unpaired) electrons. The summed E-state index contributed by atoms with van der Waals surface area (Å²) >= 11 is 4.25. The summed E-state index contributed by atoms with van der Waals surface area (Å²) in [4.78, 5) is 25.1. The molecule has 11 heteroatoms. The number of thiol groups is 1. The quantitative estimate of drug-likeness (QED) is 0.404. The maximum atomic E-state index is 13.8. The summed E-state index contributed by atoms with van der Waals surface area (Å²) in [6.07, 6.45) is 0. The van der Waals surface area contributed by atoms with Gasteiger partial charge in [-0.3, -0.25) is 4.79 Å². The normalized spacial score (nSPS) is 12.2. The highest BCUT2D eigenvalue weighted by molar-refractivity contribution is 7.89. The summed E-state index contributed by atoms with van der Waals surface area (Å²) in [5.41, 5.74) is 1.50. The Hall–Kier alpha value is -3.41. The molecule has 0 fully saturated rings. The van der Waals surface area contributed by atoms with Gasteiger partial charge in [0.05, 0.1) is 22.2 Å². The highest BCUT2D eigenvalue weighted by atomic mass is 32.2. The molecule has 3 rings (SSSR count). The Morgan fingerprint density at radius 2 is 1.54 bits per heavy atom. The highest BCUT2D eigenvalue weighted by Crippen LogP contribution is 2.22. The third-order valence-electron chi connectivity index (χ3n) is 5.18. The van der Waals surface area contributed by atoms with Gasteiger partial charge in [0.2, 0.25) is 10.0 Å². The van der Waals surface area contributed by atoms with E-state index in [0.29, 0.717) is 16.9 Å². The van der Waals surface area contributed by atoms with Crippen molar-refractivity contribution in [2.45, 2.75) is 17.9 Å². The van der Waals surface area contributed by atoms with Gasteiger partial charge in [-0.2, -0.15) is 0 Å². The van der Waals surface area contributed by atoms with Crippen molar-refractivity contribution < 1.29 is 22.4 Å². The molecule has 0 aromatic heterocycles. The van der Waals surface area contributed by atoms with E-state index in [1.165, 1.54) is 44.4 Å². The number of nitrogens with zero attached hydrogens (tertiary/aromatic N) is 2. The minimum absolute atomic E-state index is 0.0758. The molecule has 0 saturated carbocycles. The topological polar surface area (TPSA) is 98.8 Å². The number of amides is 3.